The van der Waals surface area contributed by atoms with Crippen LogP contribution >= 0.6 is 11.3 Å². The van der Waals surface area contributed by atoms with Crippen LogP contribution in [-0.4, -0.2) is 22.2 Å². The highest BCUT2D eigenvalue weighted by Crippen LogP contribution is 2.28. The predicted octanol–water partition coefficient (Wildman–Crippen LogP) is 3.23. The molecule has 108 valence electrons. The van der Waals surface area contributed by atoms with Gasteiger partial charge in [0, 0.05) is 22.5 Å². The number of hydrogen-bond acceptors (Lipinski definition) is 4. The zero-order valence-corrected chi connectivity index (χ0v) is 13.1. The molecule has 0 aliphatic heterocycles. The summed E-state index contributed by atoms with van der Waals surface area (Å²) in [5.41, 5.74) is 2.25. The lowest BCUT2D eigenvalue weighted by atomic mass is 10.1. The average molecular weight is 290 g/mol. The van der Waals surface area contributed by atoms with Gasteiger partial charge in [0.25, 0.3) is 0 Å². The first kappa shape index (κ1) is 15.2. The van der Waals surface area contributed by atoms with Crippen molar-refractivity contribution in [3.8, 4) is 11.3 Å². The Kier molecular flexibility index (Phi) is 4.91. The summed E-state index contributed by atoms with van der Waals surface area (Å²) in [5.74, 6) is 0. The van der Waals surface area contributed by atoms with E-state index in [1.54, 1.807) is 11.3 Å². The Morgan fingerprint density at radius 2 is 1.90 bits per heavy atom. The molecule has 0 fully saturated rings. The number of thiazole rings is 1. The van der Waals surface area contributed by atoms with Crippen molar-refractivity contribution in [1.29, 1.82) is 0 Å². The van der Waals surface area contributed by atoms with E-state index in [4.69, 9.17) is 0 Å². The maximum Gasteiger partial charge on any atom is 0.119 e. The molecule has 0 saturated carbocycles. The molecule has 0 aliphatic carbocycles. The van der Waals surface area contributed by atoms with E-state index in [-0.39, 0.29) is 12.1 Å². The molecule has 0 unspecified atom stereocenters. The first-order valence-electron chi connectivity index (χ1n) is 6.89. The predicted molar refractivity (Wildman–Crippen MR) is 84.9 cm³/mol. The third-order valence-electron chi connectivity index (χ3n) is 2.93. The normalized spacial score (nSPS) is 11.8. The standard InChI is InChI=1S/C16H22N2OS/c1-16(2,3)17-10-9-13-15(18-14(11-19)20-13)12-7-5-4-6-8-12/h4-8,17,19H,9-11H2,1-3H3. The molecule has 2 rings (SSSR count). The molecule has 1 aromatic heterocycles. The van der Waals surface area contributed by atoms with Crippen LogP contribution in [0.3, 0.4) is 0 Å². The molecule has 0 amide bonds. The minimum Gasteiger partial charge on any atom is -0.389 e. The van der Waals surface area contributed by atoms with Crippen LogP contribution in [0.4, 0.5) is 0 Å². The summed E-state index contributed by atoms with van der Waals surface area (Å²) in [4.78, 5) is 5.79. The van der Waals surface area contributed by atoms with E-state index in [0.717, 1.165) is 29.2 Å². The van der Waals surface area contributed by atoms with Crippen molar-refractivity contribution >= 4 is 11.3 Å². The van der Waals surface area contributed by atoms with Gasteiger partial charge in [-0.05, 0) is 27.2 Å². The van der Waals surface area contributed by atoms with Gasteiger partial charge in [0.15, 0.2) is 0 Å². The highest BCUT2D eigenvalue weighted by Gasteiger charge is 2.14. The summed E-state index contributed by atoms with van der Waals surface area (Å²) >= 11 is 1.60. The van der Waals surface area contributed by atoms with Crippen molar-refractivity contribution < 1.29 is 5.11 Å². The summed E-state index contributed by atoms with van der Waals surface area (Å²) in [7, 11) is 0. The number of nitrogens with zero attached hydrogens (tertiary/aromatic N) is 1. The molecular weight excluding hydrogens is 268 g/mol. The van der Waals surface area contributed by atoms with Crippen LogP contribution in [0, 0.1) is 0 Å². The number of rotatable bonds is 5. The second kappa shape index (κ2) is 6.48. The zero-order valence-electron chi connectivity index (χ0n) is 12.3. The maximum absolute atomic E-state index is 9.31. The first-order chi connectivity index (χ1) is 9.49. The second-order valence-corrected chi connectivity index (χ2v) is 7.00. The van der Waals surface area contributed by atoms with Crippen molar-refractivity contribution in [3.05, 3.63) is 40.2 Å². The van der Waals surface area contributed by atoms with Crippen LogP contribution in [-0.2, 0) is 13.0 Å². The van der Waals surface area contributed by atoms with Gasteiger partial charge in [0.05, 0.1) is 12.3 Å². The molecule has 0 bridgehead atoms. The number of aliphatic hydroxyl groups is 1. The van der Waals surface area contributed by atoms with Crippen LogP contribution in [0.15, 0.2) is 30.3 Å². The molecule has 1 heterocycles. The minimum atomic E-state index is 0.0111. The molecule has 0 radical (unpaired) electrons. The SMILES string of the molecule is CC(C)(C)NCCc1sc(CO)nc1-c1ccccc1. The number of nitrogens with one attached hydrogen (secondary N) is 1. The Bertz CT molecular complexity index is 543. The fourth-order valence-corrected chi connectivity index (χ4v) is 2.96. The van der Waals surface area contributed by atoms with Gasteiger partial charge in [-0.25, -0.2) is 4.98 Å². The largest absolute Gasteiger partial charge is 0.389 e. The van der Waals surface area contributed by atoms with Crippen LogP contribution in [0.2, 0.25) is 0 Å². The minimum absolute atomic E-state index is 0.0111. The topological polar surface area (TPSA) is 45.1 Å². The van der Waals surface area contributed by atoms with Gasteiger partial charge < -0.3 is 10.4 Å². The van der Waals surface area contributed by atoms with E-state index in [9.17, 15) is 5.11 Å². The number of aliphatic hydroxyl groups excluding tert-OH is 1. The molecule has 0 spiro atoms. The average Bonchev–Trinajstić information content (AvgIpc) is 2.82. The van der Waals surface area contributed by atoms with Crippen molar-refractivity contribution in [2.24, 2.45) is 0 Å². The molecule has 4 heteroatoms. The quantitative estimate of drug-likeness (QED) is 0.888. The van der Waals surface area contributed by atoms with Gasteiger partial charge >= 0.3 is 0 Å². The fourth-order valence-electron chi connectivity index (χ4n) is 2.01. The molecule has 0 aliphatic rings. The van der Waals surface area contributed by atoms with Crippen LogP contribution in [0.1, 0.15) is 30.7 Å². The fraction of sp³-hybridized carbons (Fsp3) is 0.438. The lowest BCUT2D eigenvalue weighted by Crippen LogP contribution is -2.37. The molecule has 3 nitrogen and oxygen atoms in total. The molecular formula is C16H22N2OS. The third kappa shape index (κ3) is 4.13. The van der Waals surface area contributed by atoms with Crippen molar-refractivity contribution in [3.63, 3.8) is 0 Å². The number of hydrogen-bond donors (Lipinski definition) is 2. The van der Waals surface area contributed by atoms with E-state index in [1.165, 1.54) is 4.88 Å². The molecule has 1 aromatic carbocycles. The van der Waals surface area contributed by atoms with E-state index in [0.29, 0.717) is 0 Å². The van der Waals surface area contributed by atoms with E-state index in [2.05, 4.69) is 43.2 Å². The molecule has 0 saturated heterocycles. The van der Waals surface area contributed by atoms with Gasteiger partial charge in [0.1, 0.15) is 5.01 Å². The first-order valence-corrected chi connectivity index (χ1v) is 7.71. The Labute approximate surface area is 124 Å². The number of aromatic nitrogens is 1. The molecule has 2 aromatic rings. The van der Waals surface area contributed by atoms with Gasteiger partial charge in [-0.15, -0.1) is 11.3 Å². The summed E-state index contributed by atoms with van der Waals surface area (Å²) in [6.07, 6.45) is 0.930. The van der Waals surface area contributed by atoms with Crippen LogP contribution in [0.25, 0.3) is 11.3 Å². The van der Waals surface area contributed by atoms with Gasteiger partial charge in [-0.2, -0.15) is 0 Å². The smallest absolute Gasteiger partial charge is 0.119 e. The second-order valence-electron chi connectivity index (χ2n) is 5.83. The van der Waals surface area contributed by atoms with Crippen molar-refractivity contribution in [2.75, 3.05) is 6.54 Å². The Balaban J connectivity index is 2.17. The Morgan fingerprint density at radius 3 is 2.50 bits per heavy atom. The molecule has 20 heavy (non-hydrogen) atoms. The number of benzene rings is 1. The summed E-state index contributed by atoms with van der Waals surface area (Å²) < 4.78 is 0. The summed E-state index contributed by atoms with van der Waals surface area (Å²) in [5, 5.41) is 13.6. The van der Waals surface area contributed by atoms with Crippen LogP contribution in [0.5, 0.6) is 0 Å². The van der Waals surface area contributed by atoms with Crippen molar-refractivity contribution in [1.82, 2.24) is 10.3 Å². The Hall–Kier alpha value is -1.23. The molecule has 0 atom stereocenters. The van der Waals surface area contributed by atoms with E-state index in [1.807, 2.05) is 18.2 Å². The van der Waals surface area contributed by atoms with Gasteiger partial charge in [0.2, 0.25) is 0 Å². The highest BCUT2D eigenvalue weighted by molar-refractivity contribution is 7.12. The lowest BCUT2D eigenvalue weighted by Gasteiger charge is -2.20. The van der Waals surface area contributed by atoms with E-state index < -0.39 is 0 Å². The molecule has 2 N–H and O–H groups in total. The van der Waals surface area contributed by atoms with Gasteiger partial charge in [-0.1, -0.05) is 30.3 Å². The monoisotopic (exact) mass is 290 g/mol. The summed E-state index contributed by atoms with van der Waals surface area (Å²) in [6, 6.07) is 10.2. The lowest BCUT2D eigenvalue weighted by molar-refractivity contribution is 0.281. The zero-order chi connectivity index (χ0) is 14.6. The van der Waals surface area contributed by atoms with Crippen molar-refractivity contribution in [2.45, 2.75) is 39.3 Å². The summed E-state index contributed by atoms with van der Waals surface area (Å²) in [6.45, 7) is 7.42. The van der Waals surface area contributed by atoms with Crippen LogP contribution < -0.4 is 5.32 Å². The van der Waals surface area contributed by atoms with Gasteiger partial charge in [-0.3, -0.25) is 0 Å². The van der Waals surface area contributed by atoms with E-state index >= 15 is 0 Å². The maximum atomic E-state index is 9.31. The Morgan fingerprint density at radius 1 is 1.20 bits per heavy atom. The highest BCUT2D eigenvalue weighted by atomic mass is 32.1. The third-order valence-corrected chi connectivity index (χ3v) is 4.03.